The van der Waals surface area contributed by atoms with Crippen molar-refractivity contribution >= 4 is 35.1 Å². The van der Waals surface area contributed by atoms with Crippen LogP contribution in [0.5, 0.6) is 0 Å². The van der Waals surface area contributed by atoms with E-state index in [9.17, 15) is 9.59 Å². The number of aromatic nitrogens is 3. The lowest BCUT2D eigenvalue weighted by Gasteiger charge is -2.11. The summed E-state index contributed by atoms with van der Waals surface area (Å²) in [5.41, 5.74) is 13.3. The summed E-state index contributed by atoms with van der Waals surface area (Å²) >= 11 is 6.29. The third-order valence-electron chi connectivity index (χ3n) is 4.48. The molecule has 2 aromatic carbocycles. The smallest absolute Gasteiger partial charge is 0.269 e. The molecule has 9 heteroatoms. The Morgan fingerprint density at radius 3 is 2.45 bits per heavy atom. The standard InChI is InChI=1S/C22H17ClN6O2/c23-16-10-9-13(17-7-4-8-19(24)26-17)11-15(16)22(31)27-20-12-18(21(25)30)28-29(20)14-5-2-1-3-6-14/h1-12H,(H2,24,26)(H2,25,30)(H,27,31). The van der Waals surface area contributed by atoms with Gasteiger partial charge in [-0.05, 0) is 36.4 Å². The Balaban J connectivity index is 1.70. The van der Waals surface area contributed by atoms with Gasteiger partial charge in [0.05, 0.1) is 22.0 Å². The molecule has 5 N–H and O–H groups in total. The fraction of sp³-hybridized carbons (Fsp3) is 0. The minimum absolute atomic E-state index is 0.0166. The van der Waals surface area contributed by atoms with Crippen LogP contribution < -0.4 is 16.8 Å². The molecule has 0 saturated heterocycles. The number of rotatable bonds is 5. The number of nitrogens with zero attached hydrogens (tertiary/aromatic N) is 3. The second-order valence-electron chi connectivity index (χ2n) is 6.62. The molecule has 0 bridgehead atoms. The van der Waals surface area contributed by atoms with Crippen LogP contribution in [0.3, 0.4) is 0 Å². The fourth-order valence-electron chi connectivity index (χ4n) is 3.01. The van der Waals surface area contributed by atoms with Gasteiger partial charge < -0.3 is 16.8 Å². The third kappa shape index (κ3) is 4.24. The van der Waals surface area contributed by atoms with Crippen molar-refractivity contribution in [2.45, 2.75) is 0 Å². The lowest BCUT2D eigenvalue weighted by molar-refractivity contribution is 0.0992. The predicted molar refractivity (Wildman–Crippen MR) is 119 cm³/mol. The first-order chi connectivity index (χ1) is 14.9. The van der Waals surface area contributed by atoms with Crippen molar-refractivity contribution in [1.29, 1.82) is 0 Å². The van der Waals surface area contributed by atoms with Crippen LogP contribution in [0.4, 0.5) is 11.6 Å². The highest BCUT2D eigenvalue weighted by Crippen LogP contribution is 2.26. The highest BCUT2D eigenvalue weighted by atomic mass is 35.5. The van der Waals surface area contributed by atoms with Crippen molar-refractivity contribution in [3.8, 4) is 16.9 Å². The summed E-state index contributed by atoms with van der Waals surface area (Å²) in [7, 11) is 0. The van der Waals surface area contributed by atoms with Crippen LogP contribution in [0.1, 0.15) is 20.8 Å². The van der Waals surface area contributed by atoms with Gasteiger partial charge in [0.1, 0.15) is 11.6 Å². The SMILES string of the molecule is NC(=O)c1cc(NC(=O)c2cc(-c3cccc(N)n3)ccc2Cl)n(-c2ccccc2)n1. The van der Waals surface area contributed by atoms with Crippen molar-refractivity contribution in [3.05, 3.63) is 89.1 Å². The molecule has 0 aliphatic heterocycles. The lowest BCUT2D eigenvalue weighted by Crippen LogP contribution is -2.16. The van der Waals surface area contributed by atoms with Crippen LogP contribution in [0.2, 0.25) is 5.02 Å². The lowest BCUT2D eigenvalue weighted by atomic mass is 10.1. The Hall–Kier alpha value is -4.17. The topological polar surface area (TPSA) is 129 Å². The van der Waals surface area contributed by atoms with Crippen molar-refractivity contribution in [1.82, 2.24) is 14.8 Å². The van der Waals surface area contributed by atoms with Crippen LogP contribution in [0.15, 0.2) is 72.8 Å². The summed E-state index contributed by atoms with van der Waals surface area (Å²) in [5, 5.41) is 7.21. The van der Waals surface area contributed by atoms with Gasteiger partial charge in [-0.2, -0.15) is 5.10 Å². The Bertz CT molecular complexity index is 1290. The number of amides is 2. The first kappa shape index (κ1) is 20.1. The predicted octanol–water partition coefficient (Wildman–Crippen LogP) is 3.52. The number of carbonyl (C=O) groups excluding carboxylic acids is 2. The molecule has 8 nitrogen and oxygen atoms in total. The van der Waals surface area contributed by atoms with Crippen molar-refractivity contribution in [2.24, 2.45) is 5.73 Å². The van der Waals surface area contributed by atoms with Gasteiger partial charge in [-0.1, -0.05) is 41.9 Å². The monoisotopic (exact) mass is 432 g/mol. The Morgan fingerprint density at radius 1 is 0.968 bits per heavy atom. The average molecular weight is 433 g/mol. The Kier molecular flexibility index (Phi) is 5.38. The molecule has 2 aromatic heterocycles. The molecule has 0 atom stereocenters. The molecule has 31 heavy (non-hydrogen) atoms. The third-order valence-corrected chi connectivity index (χ3v) is 4.81. The van der Waals surface area contributed by atoms with E-state index in [2.05, 4.69) is 15.4 Å². The molecule has 4 aromatic rings. The zero-order chi connectivity index (χ0) is 22.0. The second kappa shape index (κ2) is 8.29. The van der Waals surface area contributed by atoms with Gasteiger partial charge in [0.25, 0.3) is 11.8 Å². The number of carbonyl (C=O) groups is 2. The van der Waals surface area contributed by atoms with E-state index < -0.39 is 11.8 Å². The number of halogens is 1. The number of benzene rings is 2. The molecule has 0 radical (unpaired) electrons. The van der Waals surface area contributed by atoms with E-state index in [-0.39, 0.29) is 22.1 Å². The zero-order valence-corrected chi connectivity index (χ0v) is 16.9. The molecule has 0 aliphatic carbocycles. The van der Waals surface area contributed by atoms with E-state index >= 15 is 0 Å². The minimum Gasteiger partial charge on any atom is -0.384 e. The van der Waals surface area contributed by atoms with E-state index in [1.54, 1.807) is 48.5 Å². The maximum absolute atomic E-state index is 13.1. The highest BCUT2D eigenvalue weighted by Gasteiger charge is 2.18. The van der Waals surface area contributed by atoms with E-state index in [1.165, 1.54) is 10.7 Å². The van der Waals surface area contributed by atoms with Crippen LogP contribution in [0, 0.1) is 0 Å². The van der Waals surface area contributed by atoms with Gasteiger partial charge in [-0.3, -0.25) is 9.59 Å². The molecular weight excluding hydrogens is 416 g/mol. The molecular formula is C22H17ClN6O2. The molecule has 4 rings (SSSR count). The summed E-state index contributed by atoms with van der Waals surface area (Å²) in [6.45, 7) is 0. The Labute approximate surface area is 182 Å². The molecule has 2 amide bonds. The first-order valence-corrected chi connectivity index (χ1v) is 9.59. The molecule has 2 heterocycles. The maximum Gasteiger partial charge on any atom is 0.269 e. The Morgan fingerprint density at radius 2 is 1.74 bits per heavy atom. The van der Waals surface area contributed by atoms with Crippen molar-refractivity contribution in [2.75, 3.05) is 11.1 Å². The summed E-state index contributed by atoms with van der Waals surface area (Å²) in [5.74, 6) is -0.556. The average Bonchev–Trinajstić information content (AvgIpc) is 3.19. The van der Waals surface area contributed by atoms with E-state index in [0.717, 1.165) is 0 Å². The number of primary amides is 1. The largest absolute Gasteiger partial charge is 0.384 e. The normalized spacial score (nSPS) is 10.6. The fourth-order valence-corrected chi connectivity index (χ4v) is 3.21. The van der Waals surface area contributed by atoms with Crippen LogP contribution in [0.25, 0.3) is 16.9 Å². The number of nitrogen functional groups attached to an aromatic ring is 1. The summed E-state index contributed by atoms with van der Waals surface area (Å²) < 4.78 is 1.43. The van der Waals surface area contributed by atoms with E-state index in [0.29, 0.717) is 22.8 Å². The van der Waals surface area contributed by atoms with Crippen LogP contribution in [-0.4, -0.2) is 26.6 Å². The van der Waals surface area contributed by atoms with Crippen molar-refractivity contribution in [3.63, 3.8) is 0 Å². The summed E-state index contributed by atoms with van der Waals surface area (Å²) in [6.07, 6.45) is 0. The van der Waals surface area contributed by atoms with Gasteiger partial charge in [0.2, 0.25) is 0 Å². The molecule has 0 aliphatic rings. The first-order valence-electron chi connectivity index (χ1n) is 9.21. The molecule has 0 fully saturated rings. The zero-order valence-electron chi connectivity index (χ0n) is 16.1. The number of pyridine rings is 1. The summed E-state index contributed by atoms with van der Waals surface area (Å²) in [4.78, 5) is 29.0. The van der Waals surface area contributed by atoms with Crippen molar-refractivity contribution < 1.29 is 9.59 Å². The number of hydrogen-bond donors (Lipinski definition) is 3. The number of hydrogen-bond acceptors (Lipinski definition) is 5. The molecule has 0 unspecified atom stereocenters. The van der Waals surface area contributed by atoms with Crippen LogP contribution >= 0.6 is 11.6 Å². The van der Waals surface area contributed by atoms with E-state index in [4.69, 9.17) is 23.1 Å². The maximum atomic E-state index is 13.1. The minimum atomic E-state index is -0.710. The van der Waals surface area contributed by atoms with Gasteiger partial charge in [-0.25, -0.2) is 9.67 Å². The quantitative estimate of drug-likeness (QED) is 0.444. The second-order valence-corrected chi connectivity index (χ2v) is 7.03. The molecule has 0 spiro atoms. The summed E-state index contributed by atoms with van der Waals surface area (Å²) in [6, 6.07) is 20.7. The number of anilines is 2. The number of para-hydroxylation sites is 1. The van der Waals surface area contributed by atoms with Gasteiger partial charge in [0, 0.05) is 11.6 Å². The number of nitrogens with one attached hydrogen (secondary N) is 1. The molecule has 154 valence electrons. The van der Waals surface area contributed by atoms with Crippen LogP contribution in [-0.2, 0) is 0 Å². The van der Waals surface area contributed by atoms with E-state index in [1.807, 2.05) is 18.2 Å². The van der Waals surface area contributed by atoms with Gasteiger partial charge in [0.15, 0.2) is 5.69 Å². The van der Waals surface area contributed by atoms with Gasteiger partial charge >= 0.3 is 0 Å². The van der Waals surface area contributed by atoms with Gasteiger partial charge in [-0.15, -0.1) is 0 Å². The highest BCUT2D eigenvalue weighted by molar-refractivity contribution is 6.34. The molecule has 0 saturated carbocycles. The number of nitrogens with two attached hydrogens (primary N) is 2.